The predicted octanol–water partition coefficient (Wildman–Crippen LogP) is 6.19. The molecule has 5 aliphatic carbocycles. The molecule has 6 fully saturated rings. The van der Waals surface area contributed by atoms with Crippen LogP contribution in [0.2, 0.25) is 0 Å². The molecule has 1 saturated heterocycles. The first-order valence-corrected chi connectivity index (χ1v) is 17.0. The number of methoxy groups -OCH3 is 1. The molecular formula is C34H52O10. The fourth-order valence-corrected chi connectivity index (χ4v) is 11.0. The SMILES string of the molecule is COC(=O)CC[C@@H](C)[C@H]1CC[C@H]2[C@@H]3[C@H](OC(C)=O)C[C@@H]4CC5(CC[C@]4(C)[C@H]3C[C@H](OC(C)=O)[C@]12C)OOC1(CCCC1)OO5. The topological polar surface area (TPSA) is 116 Å². The Morgan fingerprint density at radius 1 is 0.841 bits per heavy atom. The van der Waals surface area contributed by atoms with E-state index in [9.17, 15) is 14.4 Å². The molecule has 5 saturated carbocycles. The van der Waals surface area contributed by atoms with E-state index in [1.807, 2.05) is 0 Å². The van der Waals surface area contributed by atoms with Crippen molar-refractivity contribution in [3.63, 3.8) is 0 Å². The van der Waals surface area contributed by atoms with Crippen molar-refractivity contribution in [1.29, 1.82) is 0 Å². The molecule has 1 aliphatic heterocycles. The Morgan fingerprint density at radius 3 is 2.14 bits per heavy atom. The van der Waals surface area contributed by atoms with E-state index in [-0.39, 0.29) is 76.5 Å². The van der Waals surface area contributed by atoms with Crippen LogP contribution in [-0.4, -0.2) is 48.8 Å². The third kappa shape index (κ3) is 5.39. The molecule has 0 aromatic carbocycles. The van der Waals surface area contributed by atoms with Crippen LogP contribution in [0.5, 0.6) is 0 Å². The predicted molar refractivity (Wildman–Crippen MR) is 156 cm³/mol. The number of ether oxygens (including phenoxy) is 3. The summed E-state index contributed by atoms with van der Waals surface area (Å²) in [4.78, 5) is 61.2. The van der Waals surface area contributed by atoms with Crippen molar-refractivity contribution in [2.75, 3.05) is 7.11 Å². The number of carbonyl (C=O) groups is 3. The molecule has 0 unspecified atom stereocenters. The molecule has 0 N–H and O–H groups in total. The number of fused-ring (bicyclic) bond motifs is 5. The first-order chi connectivity index (χ1) is 20.8. The lowest BCUT2D eigenvalue weighted by Gasteiger charge is -2.65. The fraction of sp³-hybridized carbons (Fsp3) is 0.912. The monoisotopic (exact) mass is 620 g/mol. The summed E-state index contributed by atoms with van der Waals surface area (Å²) in [5.74, 6) is -1.35. The minimum atomic E-state index is -0.988. The summed E-state index contributed by atoms with van der Waals surface area (Å²) in [6.07, 6.45) is 9.53. The van der Waals surface area contributed by atoms with Gasteiger partial charge in [0.05, 0.1) is 7.11 Å². The Kier molecular flexibility index (Phi) is 8.64. The second-order valence-electron chi connectivity index (χ2n) is 15.4. The highest BCUT2D eigenvalue weighted by Crippen LogP contribution is 2.70. The molecule has 6 rings (SSSR count). The van der Waals surface area contributed by atoms with Gasteiger partial charge in [-0.15, -0.1) is 0 Å². The zero-order chi connectivity index (χ0) is 31.5. The van der Waals surface area contributed by atoms with Gasteiger partial charge in [0, 0.05) is 57.3 Å². The number of rotatable bonds is 6. The summed E-state index contributed by atoms with van der Waals surface area (Å²) in [6.45, 7) is 9.87. The van der Waals surface area contributed by atoms with Crippen LogP contribution in [0, 0.1) is 46.3 Å². The Balaban J connectivity index is 1.29. The Bertz CT molecular complexity index is 1110. The van der Waals surface area contributed by atoms with Crippen molar-refractivity contribution in [1.82, 2.24) is 0 Å². The van der Waals surface area contributed by atoms with Gasteiger partial charge in [-0.3, -0.25) is 14.4 Å². The third-order valence-corrected chi connectivity index (χ3v) is 13.2. The van der Waals surface area contributed by atoms with E-state index in [2.05, 4.69) is 20.8 Å². The molecule has 10 heteroatoms. The normalized spacial score (nSPS) is 42.5. The highest BCUT2D eigenvalue weighted by Gasteiger charge is 2.69. The van der Waals surface area contributed by atoms with Gasteiger partial charge < -0.3 is 14.2 Å². The Morgan fingerprint density at radius 2 is 1.50 bits per heavy atom. The zero-order valence-electron chi connectivity index (χ0n) is 27.4. The van der Waals surface area contributed by atoms with Gasteiger partial charge in [-0.2, -0.15) is 19.6 Å². The fourth-order valence-electron chi connectivity index (χ4n) is 11.0. The van der Waals surface area contributed by atoms with Crippen LogP contribution < -0.4 is 0 Å². The maximum Gasteiger partial charge on any atom is 0.305 e. The lowest BCUT2D eigenvalue weighted by Crippen LogP contribution is -2.65. The first kappa shape index (κ1) is 32.2. The molecule has 10 atom stereocenters. The van der Waals surface area contributed by atoms with Gasteiger partial charge in [-0.05, 0) is 86.4 Å². The number of hydrogen-bond acceptors (Lipinski definition) is 10. The Labute approximate surface area is 261 Å². The smallest absolute Gasteiger partial charge is 0.305 e. The first-order valence-electron chi connectivity index (χ1n) is 17.0. The standard InChI is InChI=1S/C34H52O10/c1-20(9-12-29(37)38-6)24-10-11-25-30-26(18-28(32(24,25)5)40-22(3)36)31(4)15-16-34(19-23(31)17-27(30)39-21(2)35)43-41-33(42-44-34)13-7-8-14-33/h20,23-28,30H,7-19H2,1-6H3/t20-,23-,24-,25+,26+,27-,28+,30+,31+,32-/m1/s1. The molecule has 10 nitrogen and oxygen atoms in total. The van der Waals surface area contributed by atoms with Crippen molar-refractivity contribution in [2.24, 2.45) is 46.3 Å². The summed E-state index contributed by atoms with van der Waals surface area (Å²) in [5, 5.41) is 0. The van der Waals surface area contributed by atoms with Crippen molar-refractivity contribution in [3.8, 4) is 0 Å². The average Bonchev–Trinajstić information content (AvgIpc) is 3.59. The van der Waals surface area contributed by atoms with Crippen LogP contribution >= 0.6 is 0 Å². The molecule has 248 valence electrons. The molecule has 0 aromatic rings. The van der Waals surface area contributed by atoms with Crippen molar-refractivity contribution < 1.29 is 48.1 Å². The summed E-state index contributed by atoms with van der Waals surface area (Å²) < 4.78 is 17.4. The van der Waals surface area contributed by atoms with Crippen LogP contribution in [0.15, 0.2) is 0 Å². The lowest BCUT2D eigenvalue weighted by atomic mass is 9.42. The quantitative estimate of drug-likeness (QED) is 0.193. The van der Waals surface area contributed by atoms with Crippen LogP contribution in [0.3, 0.4) is 0 Å². The van der Waals surface area contributed by atoms with Crippen LogP contribution in [-0.2, 0) is 48.1 Å². The van der Waals surface area contributed by atoms with Gasteiger partial charge in [0.1, 0.15) is 12.2 Å². The zero-order valence-corrected chi connectivity index (χ0v) is 27.4. The molecule has 0 bridgehead atoms. The van der Waals surface area contributed by atoms with E-state index in [1.165, 1.54) is 21.0 Å². The van der Waals surface area contributed by atoms with Crippen molar-refractivity contribution in [3.05, 3.63) is 0 Å². The van der Waals surface area contributed by atoms with Crippen LogP contribution in [0.25, 0.3) is 0 Å². The second-order valence-corrected chi connectivity index (χ2v) is 15.4. The minimum Gasteiger partial charge on any atom is -0.469 e. The van der Waals surface area contributed by atoms with Gasteiger partial charge in [0.15, 0.2) is 0 Å². The van der Waals surface area contributed by atoms with Crippen molar-refractivity contribution >= 4 is 17.9 Å². The number of esters is 3. The molecule has 0 radical (unpaired) electrons. The highest BCUT2D eigenvalue weighted by molar-refractivity contribution is 5.69. The minimum absolute atomic E-state index is 0.101. The lowest BCUT2D eigenvalue weighted by molar-refractivity contribution is -0.661. The molecular weight excluding hydrogens is 568 g/mol. The molecule has 44 heavy (non-hydrogen) atoms. The van der Waals surface area contributed by atoms with Gasteiger partial charge in [-0.1, -0.05) is 20.8 Å². The molecule has 1 heterocycles. The molecule has 2 spiro atoms. The maximum absolute atomic E-state index is 12.6. The highest BCUT2D eigenvalue weighted by atomic mass is 17.4. The largest absolute Gasteiger partial charge is 0.469 e. The summed E-state index contributed by atoms with van der Waals surface area (Å²) in [6, 6.07) is 0. The molecule has 0 amide bonds. The van der Waals surface area contributed by atoms with E-state index >= 15 is 0 Å². The molecule has 6 aliphatic rings. The van der Waals surface area contributed by atoms with Crippen LogP contribution in [0.4, 0.5) is 0 Å². The average molecular weight is 621 g/mol. The van der Waals surface area contributed by atoms with E-state index < -0.39 is 11.6 Å². The van der Waals surface area contributed by atoms with E-state index in [0.29, 0.717) is 32.1 Å². The van der Waals surface area contributed by atoms with Gasteiger partial charge in [0.2, 0.25) is 11.6 Å². The number of hydrogen-bond donors (Lipinski definition) is 0. The number of carbonyl (C=O) groups excluding carboxylic acids is 3. The Hall–Kier alpha value is -1.75. The maximum atomic E-state index is 12.6. The van der Waals surface area contributed by atoms with Gasteiger partial charge in [0.25, 0.3) is 0 Å². The third-order valence-electron chi connectivity index (χ3n) is 13.2. The van der Waals surface area contributed by atoms with Gasteiger partial charge >= 0.3 is 17.9 Å². The van der Waals surface area contributed by atoms with E-state index in [0.717, 1.165) is 51.4 Å². The second kappa shape index (κ2) is 11.8. The summed E-state index contributed by atoms with van der Waals surface area (Å²) >= 11 is 0. The van der Waals surface area contributed by atoms with E-state index in [1.54, 1.807) is 0 Å². The summed E-state index contributed by atoms with van der Waals surface area (Å²) in [7, 11) is 1.43. The van der Waals surface area contributed by atoms with Gasteiger partial charge in [-0.25, -0.2) is 0 Å². The van der Waals surface area contributed by atoms with Crippen LogP contribution in [0.1, 0.15) is 118 Å². The van der Waals surface area contributed by atoms with Crippen molar-refractivity contribution in [2.45, 2.75) is 142 Å². The van der Waals surface area contributed by atoms with E-state index in [4.69, 9.17) is 33.8 Å². The molecule has 0 aromatic heterocycles. The summed E-state index contributed by atoms with van der Waals surface area (Å²) in [5.41, 5.74) is -0.400.